The number of rotatable bonds is 4. The quantitative estimate of drug-likeness (QED) is 0.847. The van der Waals surface area contributed by atoms with E-state index >= 15 is 0 Å². The highest BCUT2D eigenvalue weighted by Gasteiger charge is 2.22. The lowest BCUT2D eigenvalue weighted by atomic mass is 10.00. The van der Waals surface area contributed by atoms with Gasteiger partial charge in [-0.15, -0.1) is 0 Å². The number of aromatic nitrogens is 2. The predicted octanol–water partition coefficient (Wildman–Crippen LogP) is 0.923. The molecule has 2 rings (SSSR count). The zero-order valence-electron chi connectivity index (χ0n) is 10.7. The molecular formula is C12H22N4O. The van der Waals surface area contributed by atoms with Crippen molar-refractivity contribution in [1.82, 2.24) is 14.5 Å². The van der Waals surface area contributed by atoms with Crippen LogP contribution in [0.4, 0.5) is 5.82 Å². The van der Waals surface area contributed by atoms with Crippen molar-refractivity contribution in [3.63, 3.8) is 0 Å². The Kier molecular flexibility index (Phi) is 3.69. The van der Waals surface area contributed by atoms with E-state index < -0.39 is 0 Å². The molecule has 0 bridgehead atoms. The predicted molar refractivity (Wildman–Crippen MR) is 67.8 cm³/mol. The number of ether oxygens (including phenoxy) is 1. The Labute approximate surface area is 103 Å². The van der Waals surface area contributed by atoms with Gasteiger partial charge >= 0.3 is 0 Å². The van der Waals surface area contributed by atoms with Crippen molar-refractivity contribution < 1.29 is 4.74 Å². The second-order valence-electron chi connectivity index (χ2n) is 5.22. The molecule has 5 heteroatoms. The van der Waals surface area contributed by atoms with Crippen molar-refractivity contribution in [3.05, 3.63) is 12.5 Å². The first-order valence-corrected chi connectivity index (χ1v) is 6.18. The fraction of sp³-hybridized carbons (Fsp3) is 0.750. The lowest BCUT2D eigenvalue weighted by Gasteiger charge is -2.32. The Hall–Kier alpha value is -1.07. The van der Waals surface area contributed by atoms with E-state index in [-0.39, 0.29) is 5.54 Å². The molecule has 0 unspecified atom stereocenters. The molecule has 17 heavy (non-hydrogen) atoms. The van der Waals surface area contributed by atoms with E-state index in [1.54, 1.807) is 0 Å². The largest absolute Gasteiger partial charge is 0.382 e. The van der Waals surface area contributed by atoms with Crippen molar-refractivity contribution in [2.75, 3.05) is 38.6 Å². The van der Waals surface area contributed by atoms with Crippen LogP contribution in [-0.4, -0.2) is 47.3 Å². The topological polar surface area (TPSA) is 56.3 Å². The highest BCUT2D eigenvalue weighted by atomic mass is 16.5. The molecule has 1 aromatic heterocycles. The Morgan fingerprint density at radius 2 is 2.12 bits per heavy atom. The van der Waals surface area contributed by atoms with Crippen molar-refractivity contribution in [2.45, 2.75) is 25.8 Å². The molecule has 2 heterocycles. The summed E-state index contributed by atoms with van der Waals surface area (Å²) in [6.45, 7) is 9.33. The van der Waals surface area contributed by atoms with E-state index in [0.29, 0.717) is 5.82 Å². The Morgan fingerprint density at radius 3 is 2.71 bits per heavy atom. The summed E-state index contributed by atoms with van der Waals surface area (Å²) in [7, 11) is 0. The molecule has 0 aromatic carbocycles. The first kappa shape index (κ1) is 12.4. The van der Waals surface area contributed by atoms with Crippen LogP contribution in [0, 0.1) is 0 Å². The molecule has 0 aliphatic carbocycles. The van der Waals surface area contributed by atoms with Crippen LogP contribution in [0.15, 0.2) is 12.5 Å². The molecule has 5 nitrogen and oxygen atoms in total. The minimum absolute atomic E-state index is 0.0585. The molecule has 0 saturated carbocycles. The Bertz CT molecular complexity index is 355. The van der Waals surface area contributed by atoms with E-state index in [1.165, 1.54) is 0 Å². The smallest absolute Gasteiger partial charge is 0.141 e. The normalized spacial score (nSPS) is 18.5. The summed E-state index contributed by atoms with van der Waals surface area (Å²) in [6.07, 6.45) is 4.80. The fourth-order valence-corrected chi connectivity index (χ4v) is 2.05. The number of hydrogen-bond donors (Lipinski definition) is 1. The first-order valence-electron chi connectivity index (χ1n) is 6.18. The van der Waals surface area contributed by atoms with Gasteiger partial charge < -0.3 is 15.0 Å². The number of morpholine rings is 1. The second-order valence-corrected chi connectivity index (χ2v) is 5.22. The fourth-order valence-electron chi connectivity index (χ4n) is 2.05. The highest BCUT2D eigenvalue weighted by molar-refractivity contribution is 5.23. The summed E-state index contributed by atoms with van der Waals surface area (Å²) in [5, 5.41) is 0. The molecule has 0 atom stereocenters. The molecule has 1 fully saturated rings. The van der Waals surface area contributed by atoms with Crippen LogP contribution in [0.2, 0.25) is 0 Å². The summed E-state index contributed by atoms with van der Waals surface area (Å²) < 4.78 is 7.45. The summed E-state index contributed by atoms with van der Waals surface area (Å²) >= 11 is 0. The molecule has 0 amide bonds. The number of anilines is 1. The maximum absolute atomic E-state index is 5.66. The minimum atomic E-state index is 0.0585. The Balaban J connectivity index is 1.88. The van der Waals surface area contributed by atoms with Crippen LogP contribution >= 0.6 is 0 Å². The minimum Gasteiger partial charge on any atom is -0.382 e. The summed E-state index contributed by atoms with van der Waals surface area (Å²) in [4.78, 5) is 6.53. The van der Waals surface area contributed by atoms with Crippen molar-refractivity contribution in [1.29, 1.82) is 0 Å². The third-order valence-electron chi connectivity index (χ3n) is 3.45. The molecular weight excluding hydrogens is 216 g/mol. The maximum Gasteiger partial charge on any atom is 0.141 e. The van der Waals surface area contributed by atoms with Crippen LogP contribution in [0.3, 0.4) is 0 Å². The molecule has 1 aliphatic rings. The van der Waals surface area contributed by atoms with Gasteiger partial charge in [0.2, 0.25) is 0 Å². The van der Waals surface area contributed by atoms with E-state index in [4.69, 9.17) is 10.5 Å². The Morgan fingerprint density at radius 1 is 1.41 bits per heavy atom. The van der Waals surface area contributed by atoms with Crippen molar-refractivity contribution in [2.24, 2.45) is 0 Å². The lowest BCUT2D eigenvalue weighted by molar-refractivity contribution is 0.0331. The van der Waals surface area contributed by atoms with Crippen LogP contribution in [0.5, 0.6) is 0 Å². The van der Waals surface area contributed by atoms with Gasteiger partial charge in [0.05, 0.1) is 19.5 Å². The van der Waals surface area contributed by atoms with Gasteiger partial charge in [-0.1, -0.05) is 0 Å². The molecule has 2 N–H and O–H groups in total. The summed E-state index contributed by atoms with van der Waals surface area (Å²) in [5.74, 6) is 0.587. The molecule has 1 saturated heterocycles. The SMILES string of the molecule is CC(C)(CCN1CCOCC1)n1cnc(N)c1. The van der Waals surface area contributed by atoms with Crippen molar-refractivity contribution >= 4 is 5.82 Å². The molecule has 1 aliphatic heterocycles. The van der Waals surface area contributed by atoms with Gasteiger partial charge in [0.25, 0.3) is 0 Å². The highest BCUT2D eigenvalue weighted by Crippen LogP contribution is 2.21. The van der Waals surface area contributed by atoms with E-state index in [1.807, 2.05) is 12.5 Å². The van der Waals surface area contributed by atoms with Gasteiger partial charge in [-0.25, -0.2) is 4.98 Å². The number of imidazole rings is 1. The van der Waals surface area contributed by atoms with E-state index in [2.05, 4.69) is 28.3 Å². The number of nitrogens with zero attached hydrogens (tertiary/aromatic N) is 3. The van der Waals surface area contributed by atoms with Gasteiger partial charge in [-0.2, -0.15) is 0 Å². The lowest BCUT2D eigenvalue weighted by Crippen LogP contribution is -2.39. The van der Waals surface area contributed by atoms with Gasteiger partial charge in [0.1, 0.15) is 5.82 Å². The van der Waals surface area contributed by atoms with Gasteiger partial charge in [-0.3, -0.25) is 4.90 Å². The van der Waals surface area contributed by atoms with Gasteiger partial charge in [0.15, 0.2) is 0 Å². The zero-order valence-corrected chi connectivity index (χ0v) is 10.7. The molecule has 0 radical (unpaired) electrons. The summed E-state index contributed by atoms with van der Waals surface area (Å²) in [6, 6.07) is 0. The third-order valence-corrected chi connectivity index (χ3v) is 3.45. The monoisotopic (exact) mass is 238 g/mol. The van der Waals surface area contributed by atoms with Crippen LogP contribution in [-0.2, 0) is 10.3 Å². The number of nitrogens with two attached hydrogens (primary N) is 1. The van der Waals surface area contributed by atoms with Gasteiger partial charge in [-0.05, 0) is 20.3 Å². The first-order chi connectivity index (χ1) is 8.08. The van der Waals surface area contributed by atoms with E-state index in [9.17, 15) is 0 Å². The zero-order chi connectivity index (χ0) is 12.3. The van der Waals surface area contributed by atoms with Crippen LogP contribution < -0.4 is 5.73 Å². The van der Waals surface area contributed by atoms with Gasteiger partial charge in [0, 0.05) is 31.4 Å². The molecule has 1 aromatic rings. The standard InChI is InChI=1S/C12H22N4O/c1-12(2,16-9-11(13)14-10-16)3-4-15-5-7-17-8-6-15/h9-10H,3-8,13H2,1-2H3. The van der Waals surface area contributed by atoms with Crippen molar-refractivity contribution in [3.8, 4) is 0 Å². The van der Waals surface area contributed by atoms with E-state index in [0.717, 1.165) is 39.3 Å². The summed E-state index contributed by atoms with van der Waals surface area (Å²) in [5.41, 5.74) is 5.71. The molecule has 96 valence electrons. The molecule has 0 spiro atoms. The van der Waals surface area contributed by atoms with Crippen LogP contribution in [0.1, 0.15) is 20.3 Å². The maximum atomic E-state index is 5.66. The number of nitrogen functional groups attached to an aromatic ring is 1. The number of hydrogen-bond acceptors (Lipinski definition) is 4. The second kappa shape index (κ2) is 5.06. The average Bonchev–Trinajstić information content (AvgIpc) is 2.76. The third kappa shape index (κ3) is 3.20. The average molecular weight is 238 g/mol. The van der Waals surface area contributed by atoms with Crippen LogP contribution in [0.25, 0.3) is 0 Å².